The molecule has 15 heavy (non-hydrogen) atoms. The molecule has 0 unspecified atom stereocenters. The molecule has 0 radical (unpaired) electrons. The van der Waals surface area contributed by atoms with Gasteiger partial charge in [0.1, 0.15) is 6.04 Å². The Kier molecular flexibility index (Phi) is 2.50. The average Bonchev–Trinajstić information content (AvgIpc) is 2.33. The normalized spacial score (nSPS) is 31.9. The van der Waals surface area contributed by atoms with Gasteiger partial charge in [-0.1, -0.05) is 0 Å². The summed E-state index contributed by atoms with van der Waals surface area (Å²) in [6.45, 7) is 3.89. The van der Waals surface area contributed by atoms with E-state index in [2.05, 4.69) is 12.2 Å². The van der Waals surface area contributed by atoms with Crippen molar-refractivity contribution >= 4 is 41.4 Å². The van der Waals surface area contributed by atoms with Gasteiger partial charge >= 0.3 is 5.97 Å². The van der Waals surface area contributed by atoms with Crippen LogP contribution in [0.3, 0.4) is 0 Å². The first-order chi connectivity index (χ1) is 6.97. The maximum absolute atomic E-state index is 11.7. The highest BCUT2D eigenvalue weighted by Gasteiger charge is 2.59. The van der Waals surface area contributed by atoms with E-state index in [-0.39, 0.29) is 16.0 Å². The third-order valence-corrected chi connectivity index (χ3v) is 4.30. The number of carbonyl (C=O) groups is 2. The minimum absolute atomic E-state index is 0.0180. The molecule has 2 aliphatic heterocycles. The summed E-state index contributed by atoms with van der Waals surface area (Å²) in [5.74, 6) is -0.414. The maximum atomic E-state index is 11.7. The van der Waals surface area contributed by atoms with Gasteiger partial charge in [0.15, 0.2) is 5.55 Å². The van der Waals surface area contributed by atoms with Crippen molar-refractivity contribution in [1.29, 1.82) is 0 Å². The molecule has 2 atom stereocenters. The molecule has 0 aromatic carbocycles. The lowest BCUT2D eigenvalue weighted by atomic mass is 9.98. The lowest BCUT2D eigenvalue weighted by Crippen LogP contribution is -2.57. The van der Waals surface area contributed by atoms with E-state index >= 15 is 0 Å². The fourth-order valence-corrected chi connectivity index (χ4v) is 3.78. The molecule has 2 saturated heterocycles. The number of fused-ring (bicyclic) bond motifs is 1. The van der Waals surface area contributed by atoms with Crippen molar-refractivity contribution in [2.75, 3.05) is 0 Å². The van der Waals surface area contributed by atoms with Crippen LogP contribution in [-0.2, 0) is 14.3 Å². The third-order valence-electron chi connectivity index (χ3n) is 2.71. The van der Waals surface area contributed by atoms with Crippen molar-refractivity contribution < 1.29 is 14.3 Å². The summed E-state index contributed by atoms with van der Waals surface area (Å²) in [6.07, 6.45) is 0.523. The van der Waals surface area contributed by atoms with E-state index < -0.39 is 12.0 Å². The van der Waals surface area contributed by atoms with Gasteiger partial charge < -0.3 is 9.64 Å². The van der Waals surface area contributed by atoms with Gasteiger partial charge in [-0.25, -0.2) is 4.79 Å². The fraction of sp³-hybridized carbons (Fsp3) is 0.667. The van der Waals surface area contributed by atoms with Gasteiger partial charge in [0, 0.05) is 4.75 Å². The van der Waals surface area contributed by atoms with Crippen LogP contribution in [-0.4, -0.2) is 38.5 Å². The van der Waals surface area contributed by atoms with Crippen molar-refractivity contribution in [2.45, 2.75) is 36.4 Å². The molecule has 82 valence electrons. The highest BCUT2D eigenvalue weighted by molar-refractivity contribution is 8.01. The van der Waals surface area contributed by atoms with Crippen molar-refractivity contribution in [2.24, 2.45) is 0 Å². The Labute approximate surface area is 97.3 Å². The molecule has 6 heteroatoms. The molecule has 2 aliphatic rings. The first kappa shape index (κ1) is 10.9. The summed E-state index contributed by atoms with van der Waals surface area (Å²) in [4.78, 5) is 24.7. The molecule has 0 N–H and O–H groups in total. The molecule has 0 aromatic rings. The molecule has 0 aromatic heterocycles. The Bertz CT molecular complexity index is 342. The van der Waals surface area contributed by atoms with E-state index in [1.807, 2.05) is 13.8 Å². The van der Waals surface area contributed by atoms with Crippen molar-refractivity contribution in [3.63, 3.8) is 0 Å². The lowest BCUT2D eigenvalue weighted by Gasteiger charge is -2.37. The summed E-state index contributed by atoms with van der Waals surface area (Å²) in [5.41, 5.74) is 0.945. The molecule has 1 amide bonds. The molecular weight excluding hydrogens is 234 g/mol. The zero-order valence-electron chi connectivity index (χ0n) is 8.43. The minimum Gasteiger partial charge on any atom is -0.421 e. The van der Waals surface area contributed by atoms with Crippen LogP contribution in [0.5, 0.6) is 0 Å². The van der Waals surface area contributed by atoms with Crippen molar-refractivity contribution in [1.82, 2.24) is 4.90 Å². The van der Waals surface area contributed by atoms with Crippen LogP contribution in [0, 0.1) is 0 Å². The fourth-order valence-electron chi connectivity index (χ4n) is 2.07. The van der Waals surface area contributed by atoms with Gasteiger partial charge in [0.25, 0.3) is 0 Å². The van der Waals surface area contributed by atoms with Crippen molar-refractivity contribution in [3.8, 4) is 0 Å². The molecule has 2 fully saturated rings. The number of ether oxygens (including phenoxy) is 1. The first-order valence-electron chi connectivity index (χ1n) is 4.60. The van der Waals surface area contributed by atoms with Crippen LogP contribution in [0.25, 0.3) is 0 Å². The zero-order valence-corrected chi connectivity index (χ0v) is 10.1. The summed E-state index contributed by atoms with van der Waals surface area (Å²) in [6, 6.07) is -0.507. The number of β-lactam (4-membered cyclic amide) rings is 1. The summed E-state index contributed by atoms with van der Waals surface area (Å²) in [5, 5.41) is 0.134. The number of amides is 1. The SMILES string of the molecule is CC1(C)S[C@@H]2CC(=O)N2[C@H]1C(=O)OC=S. The average molecular weight is 245 g/mol. The second-order valence-electron chi connectivity index (χ2n) is 4.12. The number of hydrogen-bond acceptors (Lipinski definition) is 5. The molecule has 4 nitrogen and oxygen atoms in total. The quantitative estimate of drug-likeness (QED) is 0.411. The number of nitrogens with zero attached hydrogens (tertiary/aromatic N) is 1. The van der Waals surface area contributed by atoms with E-state index in [4.69, 9.17) is 4.74 Å². The third kappa shape index (κ3) is 1.56. The Morgan fingerprint density at radius 2 is 2.40 bits per heavy atom. The van der Waals surface area contributed by atoms with Crippen LogP contribution >= 0.6 is 24.0 Å². The van der Waals surface area contributed by atoms with E-state index in [9.17, 15) is 9.59 Å². The topological polar surface area (TPSA) is 46.6 Å². The van der Waals surface area contributed by atoms with Crippen molar-refractivity contribution in [3.05, 3.63) is 0 Å². The van der Waals surface area contributed by atoms with Gasteiger partial charge in [-0.05, 0) is 26.1 Å². The predicted octanol–water partition coefficient (Wildman–Crippen LogP) is 0.939. The largest absolute Gasteiger partial charge is 0.421 e. The van der Waals surface area contributed by atoms with Gasteiger partial charge in [-0.2, -0.15) is 0 Å². The molecule has 0 aliphatic carbocycles. The van der Waals surface area contributed by atoms with E-state index in [1.54, 1.807) is 16.7 Å². The number of thiocarbonyl (C=S) groups is 1. The van der Waals surface area contributed by atoms with E-state index in [0.717, 1.165) is 5.55 Å². The van der Waals surface area contributed by atoms with Crippen LogP contribution < -0.4 is 0 Å². The Morgan fingerprint density at radius 1 is 1.73 bits per heavy atom. The van der Waals surface area contributed by atoms with Gasteiger partial charge in [0.2, 0.25) is 5.91 Å². The lowest BCUT2D eigenvalue weighted by molar-refractivity contribution is -0.156. The summed E-state index contributed by atoms with van der Waals surface area (Å²) < 4.78 is 4.41. The first-order valence-corrected chi connectivity index (χ1v) is 5.95. The molecule has 0 bridgehead atoms. The van der Waals surface area contributed by atoms with Crippen LogP contribution in [0.4, 0.5) is 0 Å². The molecule has 2 heterocycles. The van der Waals surface area contributed by atoms with Gasteiger partial charge in [0.05, 0.1) is 11.8 Å². The van der Waals surface area contributed by atoms with Crippen LogP contribution in [0.2, 0.25) is 0 Å². The summed E-state index contributed by atoms with van der Waals surface area (Å²) in [7, 11) is 0. The molecule has 2 rings (SSSR count). The molecule has 0 saturated carbocycles. The molecule has 0 spiro atoms. The Morgan fingerprint density at radius 3 is 2.93 bits per heavy atom. The van der Waals surface area contributed by atoms with Crippen LogP contribution in [0.1, 0.15) is 20.3 Å². The summed E-state index contributed by atoms with van der Waals surface area (Å²) >= 11 is 6.12. The zero-order chi connectivity index (χ0) is 11.2. The highest BCUT2D eigenvalue weighted by atomic mass is 32.2. The van der Waals surface area contributed by atoms with Crippen LogP contribution in [0.15, 0.2) is 0 Å². The second kappa shape index (κ2) is 3.45. The highest BCUT2D eigenvalue weighted by Crippen LogP contribution is 2.50. The number of carbonyl (C=O) groups excluding carboxylic acids is 2. The number of esters is 1. The Hall–Kier alpha value is -0.620. The number of hydrogen-bond donors (Lipinski definition) is 0. The second-order valence-corrected chi connectivity index (χ2v) is 6.14. The predicted molar refractivity (Wildman–Crippen MR) is 60.5 cm³/mol. The number of thioether (sulfide) groups is 1. The Balaban J connectivity index is 2.23. The van der Waals surface area contributed by atoms with Gasteiger partial charge in [-0.15, -0.1) is 11.8 Å². The number of rotatable bonds is 2. The van der Waals surface area contributed by atoms with E-state index in [1.165, 1.54) is 0 Å². The smallest absolute Gasteiger partial charge is 0.335 e. The maximum Gasteiger partial charge on any atom is 0.335 e. The standard InChI is InChI=1S/C9H11NO3S2/c1-9(2)7(8(12)13-4-14)10-5(11)3-6(10)15-9/h4,6-7H,3H2,1-2H3/t6-,7+/m1/s1. The monoisotopic (exact) mass is 245 g/mol. The minimum atomic E-state index is -0.507. The molecular formula is C9H11NO3S2. The van der Waals surface area contributed by atoms with E-state index in [0.29, 0.717) is 6.42 Å². The van der Waals surface area contributed by atoms with Gasteiger partial charge in [-0.3, -0.25) is 4.79 Å².